The quantitative estimate of drug-likeness (QED) is 0.336. The molecule has 1 aliphatic rings. The molecule has 0 radical (unpaired) electrons. The summed E-state index contributed by atoms with van der Waals surface area (Å²) in [6.07, 6.45) is 5.52. The molecule has 9 nitrogen and oxygen atoms in total. The Morgan fingerprint density at radius 1 is 1.21 bits per heavy atom. The maximum Gasteiger partial charge on any atom is 0.330 e. The van der Waals surface area contributed by atoms with Crippen LogP contribution in [0.15, 0.2) is 47.3 Å². The third-order valence-electron chi connectivity index (χ3n) is 4.48. The van der Waals surface area contributed by atoms with Gasteiger partial charge in [0.05, 0.1) is 23.9 Å². The van der Waals surface area contributed by atoms with Crippen LogP contribution >= 0.6 is 0 Å². The standard InChI is InChI=1S/C19H19N3O6/c1-27-18(23)5-3-14-2-4-16(17(12-14)22(25)26)20-7-9-21(10-8-20)19(24)15-6-11-28-13-15/h2-6,11-13H,7-10H2,1H3/b5-3+. The Labute approximate surface area is 160 Å². The van der Waals surface area contributed by atoms with Gasteiger partial charge in [-0.2, -0.15) is 0 Å². The van der Waals surface area contributed by atoms with E-state index in [0.29, 0.717) is 43.0 Å². The molecular formula is C19H19N3O6. The molecule has 0 saturated carbocycles. The number of esters is 1. The van der Waals surface area contributed by atoms with Gasteiger partial charge in [-0.05, 0) is 23.8 Å². The summed E-state index contributed by atoms with van der Waals surface area (Å²) in [6, 6.07) is 6.38. The van der Waals surface area contributed by atoms with Crippen molar-refractivity contribution in [2.75, 3.05) is 38.2 Å². The smallest absolute Gasteiger partial charge is 0.330 e. The van der Waals surface area contributed by atoms with E-state index in [1.807, 2.05) is 4.90 Å². The Balaban J connectivity index is 1.73. The van der Waals surface area contributed by atoms with E-state index in [1.165, 1.54) is 37.9 Å². The summed E-state index contributed by atoms with van der Waals surface area (Å²) < 4.78 is 9.46. The maximum atomic E-state index is 12.4. The number of rotatable bonds is 5. The van der Waals surface area contributed by atoms with E-state index in [9.17, 15) is 19.7 Å². The van der Waals surface area contributed by atoms with E-state index in [1.54, 1.807) is 23.1 Å². The van der Waals surface area contributed by atoms with Crippen LogP contribution in [0.2, 0.25) is 0 Å². The van der Waals surface area contributed by atoms with Crippen LogP contribution in [0, 0.1) is 10.1 Å². The molecule has 1 aliphatic heterocycles. The van der Waals surface area contributed by atoms with Crippen molar-refractivity contribution in [3.05, 3.63) is 64.1 Å². The number of hydrogen-bond donors (Lipinski definition) is 0. The monoisotopic (exact) mass is 385 g/mol. The predicted molar refractivity (Wildman–Crippen MR) is 101 cm³/mol. The highest BCUT2D eigenvalue weighted by Gasteiger charge is 2.26. The lowest BCUT2D eigenvalue weighted by molar-refractivity contribution is -0.384. The SMILES string of the molecule is COC(=O)/C=C/c1ccc(N2CCN(C(=O)c3ccoc3)CC2)c([N+](=O)[O-])c1. The van der Waals surface area contributed by atoms with Gasteiger partial charge < -0.3 is 19.0 Å². The minimum absolute atomic E-state index is 0.0540. The number of carbonyl (C=O) groups is 2. The van der Waals surface area contributed by atoms with E-state index < -0.39 is 10.9 Å². The van der Waals surface area contributed by atoms with Crippen LogP contribution in [0.3, 0.4) is 0 Å². The van der Waals surface area contributed by atoms with E-state index in [0.717, 1.165) is 0 Å². The first-order chi connectivity index (χ1) is 13.5. The first-order valence-electron chi connectivity index (χ1n) is 8.60. The molecule has 0 atom stereocenters. The molecule has 0 unspecified atom stereocenters. The van der Waals surface area contributed by atoms with Crippen molar-refractivity contribution >= 4 is 29.3 Å². The lowest BCUT2D eigenvalue weighted by atomic mass is 10.1. The fourth-order valence-electron chi connectivity index (χ4n) is 3.01. The molecule has 28 heavy (non-hydrogen) atoms. The molecule has 0 spiro atoms. The van der Waals surface area contributed by atoms with Crippen LogP contribution < -0.4 is 4.90 Å². The number of anilines is 1. The van der Waals surface area contributed by atoms with Gasteiger partial charge in [0.25, 0.3) is 11.6 Å². The molecule has 9 heteroatoms. The number of nitrogens with zero attached hydrogens (tertiary/aromatic N) is 3. The van der Waals surface area contributed by atoms with Crippen molar-refractivity contribution in [2.24, 2.45) is 0 Å². The van der Waals surface area contributed by atoms with Crippen molar-refractivity contribution in [3.63, 3.8) is 0 Å². The van der Waals surface area contributed by atoms with Crippen molar-refractivity contribution in [2.45, 2.75) is 0 Å². The summed E-state index contributed by atoms with van der Waals surface area (Å²) >= 11 is 0. The largest absolute Gasteiger partial charge is 0.472 e. The first-order valence-corrected chi connectivity index (χ1v) is 8.60. The molecule has 0 bridgehead atoms. The van der Waals surface area contributed by atoms with Gasteiger partial charge in [0.15, 0.2) is 0 Å². The zero-order valence-electron chi connectivity index (χ0n) is 15.2. The summed E-state index contributed by atoms with van der Waals surface area (Å²) in [4.78, 5) is 38.2. The maximum absolute atomic E-state index is 12.4. The molecule has 2 heterocycles. The number of methoxy groups -OCH3 is 1. The number of hydrogen-bond acceptors (Lipinski definition) is 7. The zero-order valence-corrected chi connectivity index (χ0v) is 15.2. The lowest BCUT2D eigenvalue weighted by Gasteiger charge is -2.35. The second-order valence-corrected chi connectivity index (χ2v) is 6.15. The topological polar surface area (TPSA) is 106 Å². The average molecular weight is 385 g/mol. The van der Waals surface area contributed by atoms with E-state index in [2.05, 4.69) is 4.74 Å². The van der Waals surface area contributed by atoms with Gasteiger partial charge in [-0.25, -0.2) is 4.79 Å². The van der Waals surface area contributed by atoms with Crippen LogP contribution in [0.25, 0.3) is 6.08 Å². The zero-order chi connectivity index (χ0) is 20.1. The van der Waals surface area contributed by atoms with Gasteiger partial charge in [0.1, 0.15) is 12.0 Å². The summed E-state index contributed by atoms with van der Waals surface area (Å²) in [7, 11) is 1.26. The minimum Gasteiger partial charge on any atom is -0.472 e. The third-order valence-corrected chi connectivity index (χ3v) is 4.48. The first kappa shape index (κ1) is 19.2. The Hall–Kier alpha value is -3.62. The number of benzene rings is 1. The molecule has 1 fully saturated rings. The molecule has 3 rings (SSSR count). The second-order valence-electron chi connectivity index (χ2n) is 6.15. The summed E-state index contributed by atoms with van der Waals surface area (Å²) in [6.45, 7) is 1.85. The fourth-order valence-corrected chi connectivity index (χ4v) is 3.01. The molecule has 2 aromatic rings. The van der Waals surface area contributed by atoms with E-state index >= 15 is 0 Å². The number of nitro groups is 1. The molecular weight excluding hydrogens is 366 g/mol. The summed E-state index contributed by atoms with van der Waals surface area (Å²) in [5, 5.41) is 11.5. The number of amides is 1. The van der Waals surface area contributed by atoms with Gasteiger partial charge in [-0.15, -0.1) is 0 Å². The van der Waals surface area contributed by atoms with Crippen molar-refractivity contribution in [3.8, 4) is 0 Å². The molecule has 0 N–H and O–H groups in total. The van der Waals surface area contributed by atoms with E-state index in [-0.39, 0.29) is 11.6 Å². The van der Waals surface area contributed by atoms with Crippen molar-refractivity contribution in [1.82, 2.24) is 4.90 Å². The van der Waals surface area contributed by atoms with Crippen LogP contribution in [0.4, 0.5) is 11.4 Å². The van der Waals surface area contributed by atoms with Crippen LogP contribution in [-0.4, -0.2) is 55.0 Å². The van der Waals surface area contributed by atoms with E-state index in [4.69, 9.17) is 4.42 Å². The molecule has 1 amide bonds. The number of nitro benzene ring substituents is 1. The fraction of sp³-hybridized carbons (Fsp3) is 0.263. The van der Waals surface area contributed by atoms with Crippen molar-refractivity contribution < 1.29 is 23.7 Å². The van der Waals surface area contributed by atoms with Gasteiger partial charge in [0, 0.05) is 38.3 Å². The van der Waals surface area contributed by atoms with Gasteiger partial charge in [0.2, 0.25) is 0 Å². The number of furan rings is 1. The van der Waals surface area contributed by atoms with Crippen LogP contribution in [0.5, 0.6) is 0 Å². The third kappa shape index (κ3) is 4.20. The van der Waals surface area contributed by atoms with Crippen LogP contribution in [0.1, 0.15) is 15.9 Å². The molecule has 1 aromatic heterocycles. The predicted octanol–water partition coefficient (Wildman–Crippen LogP) is 2.34. The Morgan fingerprint density at radius 3 is 2.57 bits per heavy atom. The number of piperazine rings is 1. The Morgan fingerprint density at radius 2 is 1.96 bits per heavy atom. The van der Waals surface area contributed by atoms with Gasteiger partial charge in [-0.3, -0.25) is 14.9 Å². The molecule has 1 saturated heterocycles. The molecule has 1 aromatic carbocycles. The highest BCUT2D eigenvalue weighted by molar-refractivity contribution is 5.94. The van der Waals surface area contributed by atoms with Crippen molar-refractivity contribution in [1.29, 1.82) is 0 Å². The van der Waals surface area contributed by atoms with Gasteiger partial charge in [-0.1, -0.05) is 6.07 Å². The summed E-state index contributed by atoms with van der Waals surface area (Å²) in [5.41, 5.74) is 1.44. The highest BCUT2D eigenvalue weighted by Crippen LogP contribution is 2.30. The Kier molecular flexibility index (Phi) is 5.73. The van der Waals surface area contributed by atoms with Gasteiger partial charge >= 0.3 is 5.97 Å². The highest BCUT2D eigenvalue weighted by atomic mass is 16.6. The minimum atomic E-state index is -0.537. The summed E-state index contributed by atoms with van der Waals surface area (Å²) in [5.74, 6) is -0.656. The van der Waals surface area contributed by atoms with Crippen LogP contribution in [-0.2, 0) is 9.53 Å². The second kappa shape index (κ2) is 8.38. The Bertz CT molecular complexity index is 898. The lowest BCUT2D eigenvalue weighted by Crippen LogP contribution is -2.48. The molecule has 146 valence electrons. The average Bonchev–Trinajstić information content (AvgIpc) is 3.26. The number of ether oxygens (including phenoxy) is 1. The normalized spacial score (nSPS) is 14.3. The molecule has 0 aliphatic carbocycles. The number of carbonyl (C=O) groups excluding carboxylic acids is 2.